The molecule has 1 aromatic heterocycles. The number of benzene rings is 2. The highest BCUT2D eigenvalue weighted by molar-refractivity contribution is 7.10. The third-order valence-electron chi connectivity index (χ3n) is 3.16. The van der Waals surface area contributed by atoms with Crippen LogP contribution in [0.25, 0.3) is 11.4 Å². The van der Waals surface area contributed by atoms with Crippen molar-refractivity contribution >= 4 is 22.6 Å². The first kappa shape index (κ1) is 15.9. The summed E-state index contributed by atoms with van der Waals surface area (Å²) in [5, 5.41) is 3.22. The van der Waals surface area contributed by atoms with Crippen LogP contribution in [0.2, 0.25) is 0 Å². The molecule has 0 fully saturated rings. The Balaban J connectivity index is 1.66. The predicted molar refractivity (Wildman–Crippen MR) is 95.4 cm³/mol. The number of amides is 1. The largest absolute Gasteiger partial charge is 0.490 e. The van der Waals surface area contributed by atoms with Gasteiger partial charge >= 0.3 is 0 Å². The maximum atomic E-state index is 12.3. The molecule has 0 spiro atoms. The lowest BCUT2D eigenvalue weighted by Gasteiger charge is -2.04. The number of nitrogens with one attached hydrogen (secondary N) is 1. The summed E-state index contributed by atoms with van der Waals surface area (Å²) >= 11 is 1.15. The normalized spacial score (nSPS) is 10.2. The molecule has 1 amide bonds. The average Bonchev–Trinajstić information content (AvgIpc) is 3.09. The zero-order valence-electron chi connectivity index (χ0n) is 12.8. The maximum absolute atomic E-state index is 12.3. The van der Waals surface area contributed by atoms with Crippen molar-refractivity contribution in [1.29, 1.82) is 0 Å². The fourth-order valence-corrected chi connectivity index (χ4v) is 2.59. The van der Waals surface area contributed by atoms with Crippen molar-refractivity contribution in [2.24, 2.45) is 0 Å². The van der Waals surface area contributed by atoms with Crippen molar-refractivity contribution in [1.82, 2.24) is 9.36 Å². The summed E-state index contributed by atoms with van der Waals surface area (Å²) in [6, 6.07) is 16.5. The van der Waals surface area contributed by atoms with Crippen LogP contribution in [-0.4, -0.2) is 21.9 Å². The Morgan fingerprint density at radius 1 is 1.17 bits per heavy atom. The first-order valence-electron chi connectivity index (χ1n) is 7.30. The van der Waals surface area contributed by atoms with Crippen molar-refractivity contribution in [3.05, 3.63) is 72.8 Å². The van der Waals surface area contributed by atoms with E-state index in [4.69, 9.17) is 4.74 Å². The van der Waals surface area contributed by atoms with E-state index in [2.05, 4.69) is 21.3 Å². The first-order valence-corrected chi connectivity index (χ1v) is 8.08. The minimum absolute atomic E-state index is 0.235. The molecule has 1 heterocycles. The number of aromatic nitrogens is 2. The highest BCUT2D eigenvalue weighted by Crippen LogP contribution is 2.21. The number of ether oxygens (including phenoxy) is 1. The molecule has 3 rings (SSSR count). The van der Waals surface area contributed by atoms with E-state index in [9.17, 15) is 4.79 Å². The number of rotatable bonds is 6. The topological polar surface area (TPSA) is 64.1 Å². The van der Waals surface area contributed by atoms with E-state index >= 15 is 0 Å². The predicted octanol–water partition coefficient (Wildman–Crippen LogP) is 4.02. The Kier molecular flexibility index (Phi) is 4.98. The van der Waals surface area contributed by atoms with E-state index < -0.39 is 0 Å². The fraction of sp³-hybridized carbons (Fsp3) is 0.0556. The summed E-state index contributed by atoms with van der Waals surface area (Å²) in [5.41, 5.74) is 1.44. The van der Waals surface area contributed by atoms with Crippen LogP contribution < -0.4 is 10.1 Å². The van der Waals surface area contributed by atoms with Gasteiger partial charge in [0.15, 0.2) is 5.82 Å². The molecule has 0 aliphatic heterocycles. The van der Waals surface area contributed by atoms with Gasteiger partial charge < -0.3 is 4.74 Å². The van der Waals surface area contributed by atoms with Crippen LogP contribution in [-0.2, 0) is 0 Å². The van der Waals surface area contributed by atoms with Crippen LogP contribution in [0.1, 0.15) is 10.4 Å². The van der Waals surface area contributed by atoms with E-state index in [1.54, 1.807) is 30.3 Å². The summed E-state index contributed by atoms with van der Waals surface area (Å²) in [7, 11) is 0. The molecule has 0 bridgehead atoms. The van der Waals surface area contributed by atoms with E-state index in [1.807, 2.05) is 30.3 Å². The van der Waals surface area contributed by atoms with Crippen molar-refractivity contribution in [3.8, 4) is 17.1 Å². The highest BCUT2D eigenvalue weighted by Gasteiger charge is 2.11. The summed E-state index contributed by atoms with van der Waals surface area (Å²) in [5.74, 6) is 1.05. The summed E-state index contributed by atoms with van der Waals surface area (Å²) in [6.07, 6.45) is 1.67. The molecular formula is C18H15N3O2S. The van der Waals surface area contributed by atoms with Crippen molar-refractivity contribution in [3.63, 3.8) is 0 Å². The van der Waals surface area contributed by atoms with Gasteiger partial charge in [0.25, 0.3) is 5.91 Å². The van der Waals surface area contributed by atoms with Gasteiger partial charge in [0, 0.05) is 22.7 Å². The second-order valence-electron chi connectivity index (χ2n) is 4.87. The molecular weight excluding hydrogens is 322 g/mol. The van der Waals surface area contributed by atoms with Crippen LogP contribution in [0, 0.1) is 0 Å². The number of carbonyl (C=O) groups excluding carboxylic acids is 1. The molecule has 6 heteroatoms. The highest BCUT2D eigenvalue weighted by atomic mass is 32.1. The van der Waals surface area contributed by atoms with Gasteiger partial charge in [0.1, 0.15) is 12.4 Å². The van der Waals surface area contributed by atoms with Crippen molar-refractivity contribution < 1.29 is 9.53 Å². The molecule has 1 N–H and O–H groups in total. The Labute approximate surface area is 143 Å². The minimum Gasteiger partial charge on any atom is -0.490 e. The van der Waals surface area contributed by atoms with Gasteiger partial charge in [-0.2, -0.15) is 9.36 Å². The number of hydrogen-bond donors (Lipinski definition) is 1. The quantitative estimate of drug-likeness (QED) is 0.690. The Bertz CT molecular complexity index is 829. The van der Waals surface area contributed by atoms with Gasteiger partial charge in [0.05, 0.1) is 0 Å². The van der Waals surface area contributed by atoms with E-state index in [0.717, 1.165) is 17.1 Å². The molecule has 2 aromatic carbocycles. The Hall–Kier alpha value is -2.99. The van der Waals surface area contributed by atoms with Crippen LogP contribution in [0.15, 0.2) is 67.3 Å². The van der Waals surface area contributed by atoms with Crippen molar-refractivity contribution in [2.75, 3.05) is 11.9 Å². The maximum Gasteiger partial charge on any atom is 0.257 e. The summed E-state index contributed by atoms with van der Waals surface area (Å²) < 4.78 is 9.66. The third kappa shape index (κ3) is 3.85. The van der Waals surface area contributed by atoms with Gasteiger partial charge in [-0.1, -0.05) is 43.0 Å². The van der Waals surface area contributed by atoms with Gasteiger partial charge in [-0.3, -0.25) is 10.1 Å². The Morgan fingerprint density at radius 3 is 2.62 bits per heavy atom. The lowest BCUT2D eigenvalue weighted by atomic mass is 10.2. The van der Waals surface area contributed by atoms with Crippen molar-refractivity contribution in [2.45, 2.75) is 0 Å². The SMILES string of the molecule is C=CCOc1ccc(C(=O)Nc2nc(-c3ccccc3)ns2)cc1. The smallest absolute Gasteiger partial charge is 0.257 e. The monoisotopic (exact) mass is 337 g/mol. The molecule has 24 heavy (non-hydrogen) atoms. The minimum atomic E-state index is -0.235. The second-order valence-corrected chi connectivity index (χ2v) is 5.62. The van der Waals surface area contributed by atoms with Crippen LogP contribution in [0.4, 0.5) is 5.13 Å². The molecule has 0 saturated carbocycles. The van der Waals surface area contributed by atoms with E-state index in [0.29, 0.717) is 28.9 Å². The lowest BCUT2D eigenvalue weighted by Crippen LogP contribution is -2.11. The van der Waals surface area contributed by atoms with E-state index in [1.165, 1.54) is 0 Å². The molecule has 0 unspecified atom stereocenters. The Morgan fingerprint density at radius 2 is 1.92 bits per heavy atom. The third-order valence-corrected chi connectivity index (χ3v) is 3.79. The van der Waals surface area contributed by atoms with Crippen LogP contribution in [0.3, 0.4) is 0 Å². The molecule has 0 aliphatic rings. The van der Waals surface area contributed by atoms with Crippen LogP contribution in [0.5, 0.6) is 5.75 Å². The number of hydrogen-bond acceptors (Lipinski definition) is 5. The first-order chi connectivity index (χ1) is 11.8. The molecule has 0 radical (unpaired) electrons. The van der Waals surface area contributed by atoms with Gasteiger partial charge in [-0.05, 0) is 24.3 Å². The molecule has 120 valence electrons. The zero-order valence-corrected chi connectivity index (χ0v) is 13.6. The van der Waals surface area contributed by atoms with Gasteiger partial charge in [0.2, 0.25) is 5.13 Å². The van der Waals surface area contributed by atoms with Gasteiger partial charge in [-0.25, -0.2) is 0 Å². The summed E-state index contributed by atoms with van der Waals surface area (Å²) in [6.45, 7) is 4.02. The van der Waals surface area contributed by atoms with Gasteiger partial charge in [-0.15, -0.1) is 0 Å². The number of nitrogens with zero attached hydrogens (tertiary/aromatic N) is 2. The average molecular weight is 337 g/mol. The molecule has 0 aliphatic carbocycles. The fourth-order valence-electron chi connectivity index (χ4n) is 2.01. The molecule has 5 nitrogen and oxygen atoms in total. The van der Waals surface area contributed by atoms with E-state index in [-0.39, 0.29) is 5.91 Å². The standard InChI is InChI=1S/C18H15N3O2S/c1-2-12-23-15-10-8-14(9-11-15)17(22)20-18-19-16(21-24-18)13-6-4-3-5-7-13/h2-11H,1,12H2,(H,19,20,21,22). The second kappa shape index (κ2) is 7.52. The number of anilines is 1. The number of carbonyl (C=O) groups is 1. The molecule has 0 atom stereocenters. The zero-order chi connectivity index (χ0) is 16.8. The lowest BCUT2D eigenvalue weighted by molar-refractivity contribution is 0.102. The van der Waals surface area contributed by atoms with Crippen LogP contribution >= 0.6 is 11.5 Å². The molecule has 0 saturated heterocycles. The molecule has 3 aromatic rings. The summed E-state index contributed by atoms with van der Waals surface area (Å²) in [4.78, 5) is 16.6.